The molecular formula is C15H14N2. The molecule has 0 spiro atoms. The molecule has 0 aliphatic carbocycles. The van der Waals surface area contributed by atoms with E-state index in [4.69, 9.17) is 5.73 Å². The number of nitrogens with two attached hydrogens (primary N) is 1. The molecular weight excluding hydrogens is 208 g/mol. The summed E-state index contributed by atoms with van der Waals surface area (Å²) in [6.07, 6.45) is 14.4. The third-order valence-electron chi connectivity index (χ3n) is 3.11. The average molecular weight is 222 g/mol. The lowest BCUT2D eigenvalue weighted by Crippen LogP contribution is -2.20. The summed E-state index contributed by atoms with van der Waals surface area (Å²) >= 11 is 0. The second kappa shape index (κ2) is 3.98. The molecule has 84 valence electrons. The van der Waals surface area contributed by atoms with E-state index >= 15 is 0 Å². The lowest BCUT2D eigenvalue weighted by Gasteiger charge is -2.30. The first-order chi connectivity index (χ1) is 8.36. The molecule has 0 saturated carbocycles. The Morgan fingerprint density at radius 2 is 1.82 bits per heavy atom. The van der Waals surface area contributed by atoms with Crippen molar-refractivity contribution in [2.45, 2.75) is 6.04 Å². The summed E-state index contributed by atoms with van der Waals surface area (Å²) in [7, 11) is 0. The molecule has 0 radical (unpaired) electrons. The molecule has 0 amide bonds. The van der Waals surface area contributed by atoms with Gasteiger partial charge in [-0.1, -0.05) is 36.4 Å². The van der Waals surface area contributed by atoms with Crippen molar-refractivity contribution in [2.75, 3.05) is 0 Å². The van der Waals surface area contributed by atoms with E-state index in [0.717, 1.165) is 11.3 Å². The summed E-state index contributed by atoms with van der Waals surface area (Å²) in [5, 5.41) is 0. The molecule has 0 aromatic heterocycles. The summed E-state index contributed by atoms with van der Waals surface area (Å²) in [6.45, 7) is 0. The van der Waals surface area contributed by atoms with Gasteiger partial charge in [0.25, 0.3) is 0 Å². The zero-order valence-corrected chi connectivity index (χ0v) is 9.45. The molecule has 2 heteroatoms. The van der Waals surface area contributed by atoms with Gasteiger partial charge in [0.2, 0.25) is 0 Å². The summed E-state index contributed by atoms with van der Waals surface area (Å²) in [6, 6.07) is 8.53. The van der Waals surface area contributed by atoms with Crippen LogP contribution in [0.3, 0.4) is 0 Å². The zero-order valence-electron chi connectivity index (χ0n) is 9.45. The minimum atomic E-state index is 0.236. The van der Waals surface area contributed by atoms with Crippen LogP contribution in [0.4, 0.5) is 0 Å². The number of rotatable bonds is 0. The fourth-order valence-electron chi connectivity index (χ4n) is 2.27. The molecule has 2 nitrogen and oxygen atoms in total. The smallest absolute Gasteiger partial charge is 0.0773 e. The summed E-state index contributed by atoms with van der Waals surface area (Å²) in [5.41, 5.74) is 9.27. The second-order valence-electron chi connectivity index (χ2n) is 4.17. The lowest BCUT2D eigenvalue weighted by atomic mass is 9.95. The van der Waals surface area contributed by atoms with Crippen molar-refractivity contribution in [3.8, 4) is 0 Å². The number of hydrogen-bond acceptors (Lipinski definition) is 2. The van der Waals surface area contributed by atoms with Crippen LogP contribution in [0.1, 0.15) is 17.2 Å². The van der Waals surface area contributed by atoms with Crippen LogP contribution in [0.2, 0.25) is 0 Å². The molecule has 2 aliphatic heterocycles. The predicted molar refractivity (Wildman–Crippen MR) is 70.6 cm³/mol. The highest BCUT2D eigenvalue weighted by molar-refractivity contribution is 5.68. The third kappa shape index (κ3) is 1.68. The standard InChI is InChI=1S/C15H14N2/c16-14-8-5-11-17-10-4-3-9-15(17)13-7-2-1-6-12(13)14/h1-11,15H,16H2/t15-/m0/s1. The molecule has 2 heterocycles. The normalized spacial score (nSPS) is 21.3. The van der Waals surface area contributed by atoms with Crippen LogP contribution in [-0.2, 0) is 0 Å². The minimum Gasteiger partial charge on any atom is -0.398 e. The lowest BCUT2D eigenvalue weighted by molar-refractivity contribution is 0.432. The molecule has 1 atom stereocenters. The predicted octanol–water partition coefficient (Wildman–Crippen LogP) is 2.94. The van der Waals surface area contributed by atoms with Crippen LogP contribution >= 0.6 is 0 Å². The molecule has 17 heavy (non-hydrogen) atoms. The Kier molecular flexibility index (Phi) is 2.33. The van der Waals surface area contributed by atoms with Crippen LogP contribution in [0.25, 0.3) is 5.70 Å². The Morgan fingerprint density at radius 1 is 1.00 bits per heavy atom. The highest BCUT2D eigenvalue weighted by atomic mass is 15.1. The Hall–Kier alpha value is -2.22. The number of benzene rings is 1. The van der Waals surface area contributed by atoms with E-state index < -0.39 is 0 Å². The van der Waals surface area contributed by atoms with E-state index in [-0.39, 0.29) is 6.04 Å². The summed E-state index contributed by atoms with van der Waals surface area (Å²) in [4.78, 5) is 2.18. The molecule has 2 N–H and O–H groups in total. The van der Waals surface area contributed by atoms with Crippen molar-refractivity contribution in [3.63, 3.8) is 0 Å². The Bertz CT molecular complexity index is 550. The number of fused-ring (bicyclic) bond motifs is 3. The van der Waals surface area contributed by atoms with Crippen molar-refractivity contribution >= 4 is 5.70 Å². The second-order valence-corrected chi connectivity index (χ2v) is 4.17. The average Bonchev–Trinajstić information content (AvgIpc) is 2.37. The first-order valence-corrected chi connectivity index (χ1v) is 5.72. The van der Waals surface area contributed by atoms with E-state index in [0.29, 0.717) is 0 Å². The highest BCUT2D eigenvalue weighted by Crippen LogP contribution is 2.31. The van der Waals surface area contributed by atoms with Gasteiger partial charge in [-0.05, 0) is 23.8 Å². The van der Waals surface area contributed by atoms with Crippen LogP contribution in [0, 0.1) is 0 Å². The fourth-order valence-corrected chi connectivity index (χ4v) is 2.27. The molecule has 0 saturated heterocycles. The van der Waals surface area contributed by atoms with Gasteiger partial charge < -0.3 is 10.6 Å². The monoisotopic (exact) mass is 222 g/mol. The largest absolute Gasteiger partial charge is 0.398 e. The van der Waals surface area contributed by atoms with Gasteiger partial charge in [-0.3, -0.25) is 0 Å². The van der Waals surface area contributed by atoms with E-state index in [2.05, 4.69) is 41.5 Å². The van der Waals surface area contributed by atoms with E-state index in [1.165, 1.54) is 5.56 Å². The Labute approximate surface area is 101 Å². The first-order valence-electron chi connectivity index (χ1n) is 5.72. The zero-order chi connectivity index (χ0) is 11.7. The van der Waals surface area contributed by atoms with Gasteiger partial charge in [0.05, 0.1) is 6.04 Å². The van der Waals surface area contributed by atoms with Gasteiger partial charge in [-0.2, -0.15) is 0 Å². The Morgan fingerprint density at radius 3 is 2.76 bits per heavy atom. The topological polar surface area (TPSA) is 29.3 Å². The molecule has 0 bridgehead atoms. The SMILES string of the molecule is NC1=CC=CN2C=CC=C[C@H]2c2ccccc21. The third-order valence-corrected chi connectivity index (χ3v) is 3.11. The molecule has 1 aromatic carbocycles. The van der Waals surface area contributed by atoms with Gasteiger partial charge in [0.15, 0.2) is 0 Å². The molecule has 0 unspecified atom stereocenters. The van der Waals surface area contributed by atoms with Crippen LogP contribution < -0.4 is 5.73 Å². The summed E-state index contributed by atoms with van der Waals surface area (Å²) in [5.74, 6) is 0. The number of hydrogen-bond donors (Lipinski definition) is 1. The molecule has 0 fully saturated rings. The van der Waals surface area contributed by atoms with E-state index in [1.807, 2.05) is 30.5 Å². The molecule has 1 aromatic rings. The van der Waals surface area contributed by atoms with Crippen molar-refractivity contribution in [1.29, 1.82) is 0 Å². The first kappa shape index (κ1) is 9.97. The highest BCUT2D eigenvalue weighted by Gasteiger charge is 2.19. The van der Waals surface area contributed by atoms with Gasteiger partial charge in [-0.15, -0.1) is 0 Å². The summed E-state index contributed by atoms with van der Waals surface area (Å²) < 4.78 is 0. The fraction of sp³-hybridized carbons (Fsp3) is 0.0667. The maximum atomic E-state index is 6.09. The van der Waals surface area contributed by atoms with Gasteiger partial charge in [0.1, 0.15) is 0 Å². The van der Waals surface area contributed by atoms with Crippen molar-refractivity contribution < 1.29 is 0 Å². The van der Waals surface area contributed by atoms with Crippen molar-refractivity contribution in [3.05, 3.63) is 78.2 Å². The van der Waals surface area contributed by atoms with E-state index in [1.54, 1.807) is 0 Å². The van der Waals surface area contributed by atoms with Gasteiger partial charge >= 0.3 is 0 Å². The van der Waals surface area contributed by atoms with Gasteiger partial charge in [-0.25, -0.2) is 0 Å². The van der Waals surface area contributed by atoms with Crippen LogP contribution in [0.5, 0.6) is 0 Å². The van der Waals surface area contributed by atoms with E-state index in [9.17, 15) is 0 Å². The molecule has 3 rings (SSSR count). The molecule has 2 aliphatic rings. The van der Waals surface area contributed by atoms with Crippen molar-refractivity contribution in [2.24, 2.45) is 5.73 Å². The Balaban J connectivity index is 2.20. The number of nitrogens with zero attached hydrogens (tertiary/aromatic N) is 1. The van der Waals surface area contributed by atoms with Crippen molar-refractivity contribution in [1.82, 2.24) is 4.90 Å². The maximum absolute atomic E-state index is 6.09. The maximum Gasteiger partial charge on any atom is 0.0773 e. The van der Waals surface area contributed by atoms with Crippen LogP contribution in [-0.4, -0.2) is 4.90 Å². The quantitative estimate of drug-likeness (QED) is 0.731. The van der Waals surface area contributed by atoms with Gasteiger partial charge in [0, 0.05) is 23.7 Å². The minimum absolute atomic E-state index is 0.236. The number of allylic oxidation sites excluding steroid dienone is 4. The van der Waals surface area contributed by atoms with Crippen LogP contribution in [0.15, 0.2) is 67.0 Å².